The van der Waals surface area contributed by atoms with E-state index in [0.29, 0.717) is 0 Å². The number of ether oxygens (including phenoxy) is 1. The lowest BCUT2D eigenvalue weighted by molar-refractivity contribution is 0.0389. The summed E-state index contributed by atoms with van der Waals surface area (Å²) >= 11 is 0. The van der Waals surface area contributed by atoms with Gasteiger partial charge in [-0.1, -0.05) is 18.2 Å². The maximum Gasteiger partial charge on any atom is 0.191 e. The minimum atomic E-state index is 0. The Balaban J connectivity index is 0.00000288. The molecular formula is C17H30IN5O. The van der Waals surface area contributed by atoms with Gasteiger partial charge in [-0.2, -0.15) is 0 Å². The first kappa shape index (κ1) is 21.0. The number of anilines is 1. The number of aliphatic imine (C=N–C) groups is 1. The van der Waals surface area contributed by atoms with E-state index in [-0.39, 0.29) is 24.0 Å². The number of likely N-dealkylation sites (N-methyl/N-ethyl adjacent to an activating group) is 1. The number of rotatable bonds is 7. The fraction of sp³-hybridized carbons (Fsp3) is 0.588. The highest BCUT2D eigenvalue weighted by molar-refractivity contribution is 14.0. The van der Waals surface area contributed by atoms with Gasteiger partial charge in [-0.25, -0.2) is 0 Å². The van der Waals surface area contributed by atoms with E-state index in [0.717, 1.165) is 58.4 Å². The van der Waals surface area contributed by atoms with Crippen molar-refractivity contribution < 1.29 is 4.74 Å². The molecule has 1 aromatic carbocycles. The van der Waals surface area contributed by atoms with Gasteiger partial charge in [0.15, 0.2) is 5.96 Å². The smallest absolute Gasteiger partial charge is 0.191 e. The third-order valence-corrected chi connectivity index (χ3v) is 3.98. The van der Waals surface area contributed by atoms with Crippen molar-refractivity contribution >= 4 is 35.6 Å². The molecule has 2 N–H and O–H groups in total. The van der Waals surface area contributed by atoms with Crippen LogP contribution in [0.1, 0.15) is 0 Å². The molecule has 1 aliphatic heterocycles. The van der Waals surface area contributed by atoms with Gasteiger partial charge >= 0.3 is 0 Å². The summed E-state index contributed by atoms with van der Waals surface area (Å²) in [4.78, 5) is 8.91. The van der Waals surface area contributed by atoms with E-state index >= 15 is 0 Å². The largest absolute Gasteiger partial charge is 0.379 e. The van der Waals surface area contributed by atoms with Gasteiger partial charge in [0.05, 0.1) is 13.2 Å². The number of guanidine groups is 1. The fourth-order valence-corrected chi connectivity index (χ4v) is 2.53. The Morgan fingerprint density at radius 3 is 2.50 bits per heavy atom. The van der Waals surface area contributed by atoms with E-state index in [9.17, 15) is 0 Å². The second kappa shape index (κ2) is 12.3. The second-order valence-corrected chi connectivity index (χ2v) is 5.64. The van der Waals surface area contributed by atoms with Crippen LogP contribution in [0.5, 0.6) is 0 Å². The molecule has 2 rings (SSSR count). The van der Waals surface area contributed by atoms with Crippen LogP contribution in [0.4, 0.5) is 5.69 Å². The molecule has 0 aromatic heterocycles. The van der Waals surface area contributed by atoms with Crippen LogP contribution in [-0.4, -0.2) is 77.4 Å². The predicted octanol–water partition coefficient (Wildman–Crippen LogP) is 1.24. The average molecular weight is 447 g/mol. The monoisotopic (exact) mass is 447 g/mol. The lowest BCUT2D eigenvalue weighted by atomic mass is 10.3. The second-order valence-electron chi connectivity index (χ2n) is 5.64. The molecule has 0 spiro atoms. The van der Waals surface area contributed by atoms with Gasteiger partial charge in [0, 0.05) is 59.1 Å². The molecule has 1 aliphatic rings. The first-order valence-electron chi connectivity index (χ1n) is 8.30. The molecule has 1 aromatic rings. The van der Waals surface area contributed by atoms with Crippen molar-refractivity contribution in [3.63, 3.8) is 0 Å². The topological polar surface area (TPSA) is 52.1 Å². The van der Waals surface area contributed by atoms with E-state index in [4.69, 9.17) is 4.74 Å². The van der Waals surface area contributed by atoms with Crippen molar-refractivity contribution in [2.45, 2.75) is 0 Å². The van der Waals surface area contributed by atoms with E-state index in [1.54, 1.807) is 0 Å². The van der Waals surface area contributed by atoms with Crippen molar-refractivity contribution in [2.75, 3.05) is 71.5 Å². The van der Waals surface area contributed by atoms with Crippen molar-refractivity contribution in [2.24, 2.45) is 4.99 Å². The highest BCUT2D eigenvalue weighted by atomic mass is 127. The Labute approximate surface area is 162 Å². The number of nitrogens with one attached hydrogen (secondary N) is 2. The molecule has 0 radical (unpaired) electrons. The summed E-state index contributed by atoms with van der Waals surface area (Å²) in [6.45, 7) is 7.43. The van der Waals surface area contributed by atoms with Crippen LogP contribution >= 0.6 is 24.0 Å². The van der Waals surface area contributed by atoms with Gasteiger partial charge in [-0.05, 0) is 12.1 Å². The van der Waals surface area contributed by atoms with Crippen LogP contribution < -0.4 is 15.5 Å². The van der Waals surface area contributed by atoms with E-state index in [2.05, 4.69) is 56.7 Å². The molecule has 0 aliphatic carbocycles. The molecule has 136 valence electrons. The fourth-order valence-electron chi connectivity index (χ4n) is 2.53. The first-order chi connectivity index (χ1) is 11.3. The van der Waals surface area contributed by atoms with Crippen LogP contribution in [-0.2, 0) is 4.74 Å². The zero-order valence-corrected chi connectivity index (χ0v) is 17.0. The molecule has 0 saturated carbocycles. The number of hydrogen-bond acceptors (Lipinski definition) is 4. The highest BCUT2D eigenvalue weighted by Gasteiger charge is 2.09. The lowest BCUT2D eigenvalue weighted by Crippen LogP contribution is -2.45. The molecule has 0 amide bonds. The normalized spacial score (nSPS) is 15.5. The number of morpholine rings is 1. The van der Waals surface area contributed by atoms with Gasteiger partial charge in [-0.3, -0.25) is 9.89 Å². The average Bonchev–Trinajstić information content (AvgIpc) is 2.62. The quantitative estimate of drug-likeness (QED) is 0.374. The van der Waals surface area contributed by atoms with Gasteiger partial charge in [0.2, 0.25) is 0 Å². The first-order valence-corrected chi connectivity index (χ1v) is 8.30. The molecule has 0 bridgehead atoms. The third-order valence-electron chi connectivity index (χ3n) is 3.98. The highest BCUT2D eigenvalue weighted by Crippen LogP contribution is 2.09. The van der Waals surface area contributed by atoms with Gasteiger partial charge in [0.1, 0.15) is 0 Å². The minimum absolute atomic E-state index is 0. The Kier molecular flexibility index (Phi) is 10.8. The summed E-state index contributed by atoms with van der Waals surface area (Å²) in [6, 6.07) is 10.4. The maximum absolute atomic E-state index is 5.36. The molecule has 6 nitrogen and oxygen atoms in total. The Bertz CT molecular complexity index is 465. The minimum Gasteiger partial charge on any atom is -0.379 e. The standard InChI is InChI=1S/C17H29N5O.HI/c1-18-17(20-9-11-22-12-14-23-15-13-22)19-8-10-21(2)16-6-4-3-5-7-16;/h3-7H,8-15H2,1-2H3,(H2,18,19,20);1H. The summed E-state index contributed by atoms with van der Waals surface area (Å²) < 4.78 is 5.36. The SMILES string of the molecule is CN=C(NCCN1CCOCC1)NCCN(C)c1ccccc1.I. The molecule has 1 saturated heterocycles. The zero-order valence-electron chi connectivity index (χ0n) is 14.7. The summed E-state index contributed by atoms with van der Waals surface area (Å²) in [6.07, 6.45) is 0. The number of nitrogens with zero attached hydrogens (tertiary/aromatic N) is 3. The number of halogens is 1. The van der Waals surface area contributed by atoms with Gasteiger partial charge < -0.3 is 20.3 Å². The van der Waals surface area contributed by atoms with Crippen LogP contribution in [0.3, 0.4) is 0 Å². The summed E-state index contributed by atoms with van der Waals surface area (Å²) in [7, 11) is 3.91. The van der Waals surface area contributed by atoms with E-state index in [1.807, 2.05) is 13.1 Å². The maximum atomic E-state index is 5.36. The molecule has 24 heavy (non-hydrogen) atoms. The van der Waals surface area contributed by atoms with Crippen LogP contribution in [0.15, 0.2) is 35.3 Å². The van der Waals surface area contributed by atoms with Gasteiger partial charge in [-0.15, -0.1) is 24.0 Å². The molecule has 1 heterocycles. The predicted molar refractivity (Wildman–Crippen MR) is 112 cm³/mol. The molecule has 7 heteroatoms. The van der Waals surface area contributed by atoms with Crippen LogP contribution in [0.2, 0.25) is 0 Å². The summed E-state index contributed by atoms with van der Waals surface area (Å²) in [5.41, 5.74) is 1.23. The van der Waals surface area contributed by atoms with Crippen molar-refractivity contribution in [1.82, 2.24) is 15.5 Å². The number of hydrogen-bond donors (Lipinski definition) is 2. The lowest BCUT2D eigenvalue weighted by Gasteiger charge is -2.27. The zero-order chi connectivity index (χ0) is 16.3. The van der Waals surface area contributed by atoms with Crippen LogP contribution in [0.25, 0.3) is 0 Å². The third kappa shape index (κ3) is 7.67. The molecule has 1 fully saturated rings. The van der Waals surface area contributed by atoms with Gasteiger partial charge in [0.25, 0.3) is 0 Å². The number of benzene rings is 1. The molecule has 0 atom stereocenters. The van der Waals surface area contributed by atoms with Crippen molar-refractivity contribution in [3.8, 4) is 0 Å². The molecule has 0 unspecified atom stereocenters. The Hall–Kier alpha value is -1.06. The van der Waals surface area contributed by atoms with Crippen LogP contribution in [0, 0.1) is 0 Å². The Morgan fingerprint density at radius 1 is 1.17 bits per heavy atom. The summed E-state index contributed by atoms with van der Waals surface area (Å²) in [5.74, 6) is 0.861. The van der Waals surface area contributed by atoms with Crippen molar-refractivity contribution in [3.05, 3.63) is 30.3 Å². The van der Waals surface area contributed by atoms with Crippen molar-refractivity contribution in [1.29, 1.82) is 0 Å². The van der Waals surface area contributed by atoms with E-state index in [1.165, 1.54) is 5.69 Å². The van der Waals surface area contributed by atoms with E-state index < -0.39 is 0 Å². The Morgan fingerprint density at radius 2 is 1.83 bits per heavy atom. The summed E-state index contributed by atoms with van der Waals surface area (Å²) in [5, 5.41) is 6.73. The number of para-hydroxylation sites is 1. The molecular weight excluding hydrogens is 417 g/mol.